The lowest BCUT2D eigenvalue weighted by molar-refractivity contribution is -0.131. The summed E-state index contributed by atoms with van der Waals surface area (Å²) in [5, 5.41) is 4.63. The van der Waals surface area contributed by atoms with Gasteiger partial charge in [0, 0.05) is 4.88 Å². The smallest absolute Gasteiger partial charge is 0.337 e. The summed E-state index contributed by atoms with van der Waals surface area (Å²) < 4.78 is 4.65. The van der Waals surface area contributed by atoms with Gasteiger partial charge in [0.1, 0.15) is 0 Å². The fraction of sp³-hybridized carbons (Fsp3) is 0.235. The van der Waals surface area contributed by atoms with Crippen molar-refractivity contribution in [1.29, 1.82) is 0 Å². The number of thiophene rings is 1. The molecular weight excluding hydrogens is 328 g/mol. The Labute approximate surface area is 143 Å². The van der Waals surface area contributed by atoms with Crippen LogP contribution in [0.3, 0.4) is 0 Å². The number of carbonyl (C=O) groups excluding carboxylic acids is 3. The maximum Gasteiger partial charge on any atom is 0.337 e. The largest absolute Gasteiger partial charge is 0.465 e. The van der Waals surface area contributed by atoms with E-state index in [2.05, 4.69) is 10.1 Å². The van der Waals surface area contributed by atoms with E-state index in [9.17, 15) is 14.4 Å². The Kier molecular flexibility index (Phi) is 4.11. The minimum absolute atomic E-state index is 0.146. The number of rotatable bonds is 4. The van der Waals surface area contributed by atoms with E-state index in [1.54, 1.807) is 31.2 Å². The number of carbonyl (C=O) groups is 3. The van der Waals surface area contributed by atoms with Gasteiger partial charge in [-0.1, -0.05) is 18.2 Å². The molecule has 1 aromatic carbocycles. The van der Waals surface area contributed by atoms with Gasteiger partial charge < -0.3 is 10.1 Å². The number of amides is 3. The van der Waals surface area contributed by atoms with Crippen molar-refractivity contribution >= 4 is 29.2 Å². The first-order valence-electron chi connectivity index (χ1n) is 7.31. The van der Waals surface area contributed by atoms with Crippen LogP contribution in [0.5, 0.6) is 0 Å². The molecule has 0 unspecified atom stereocenters. The lowest BCUT2D eigenvalue weighted by Gasteiger charge is -2.20. The highest BCUT2D eigenvalue weighted by Gasteiger charge is 2.49. The minimum atomic E-state index is -1.03. The lowest BCUT2D eigenvalue weighted by atomic mass is 10.0. The molecule has 3 amide bonds. The lowest BCUT2D eigenvalue weighted by Crippen LogP contribution is -2.40. The molecule has 1 aliphatic heterocycles. The van der Waals surface area contributed by atoms with Crippen molar-refractivity contribution in [2.45, 2.75) is 19.0 Å². The highest BCUT2D eigenvalue weighted by atomic mass is 32.1. The quantitative estimate of drug-likeness (QED) is 0.683. The van der Waals surface area contributed by atoms with Gasteiger partial charge in [-0.2, -0.15) is 0 Å². The first-order valence-corrected chi connectivity index (χ1v) is 8.19. The van der Waals surface area contributed by atoms with Crippen LogP contribution >= 0.6 is 11.3 Å². The average molecular weight is 344 g/mol. The molecule has 7 heteroatoms. The second kappa shape index (κ2) is 6.09. The topological polar surface area (TPSA) is 75.7 Å². The monoisotopic (exact) mass is 344 g/mol. The number of hydrogen-bond acceptors (Lipinski definition) is 5. The van der Waals surface area contributed by atoms with Gasteiger partial charge >= 0.3 is 12.0 Å². The van der Waals surface area contributed by atoms with Crippen LogP contribution in [-0.4, -0.2) is 29.9 Å². The predicted octanol–water partition coefficient (Wildman–Crippen LogP) is 2.50. The van der Waals surface area contributed by atoms with E-state index in [1.807, 2.05) is 17.5 Å². The highest BCUT2D eigenvalue weighted by molar-refractivity contribution is 7.10. The third kappa shape index (κ3) is 2.67. The molecular formula is C17H16N2O4S. The van der Waals surface area contributed by atoms with Gasteiger partial charge in [0.2, 0.25) is 0 Å². The Morgan fingerprint density at radius 3 is 2.54 bits per heavy atom. The number of imide groups is 1. The van der Waals surface area contributed by atoms with Gasteiger partial charge in [-0.25, -0.2) is 9.59 Å². The van der Waals surface area contributed by atoms with Crippen LogP contribution in [0.4, 0.5) is 4.79 Å². The summed E-state index contributed by atoms with van der Waals surface area (Å²) in [6.07, 6.45) is 0. The molecule has 0 spiro atoms. The summed E-state index contributed by atoms with van der Waals surface area (Å²) in [4.78, 5) is 38.4. The Balaban J connectivity index is 1.79. The van der Waals surface area contributed by atoms with Crippen molar-refractivity contribution in [3.8, 4) is 0 Å². The van der Waals surface area contributed by atoms with Gasteiger partial charge in [-0.15, -0.1) is 11.3 Å². The maximum absolute atomic E-state index is 12.7. The molecule has 0 radical (unpaired) electrons. The van der Waals surface area contributed by atoms with Gasteiger partial charge in [-0.05, 0) is 36.1 Å². The Bertz CT molecular complexity index is 785. The maximum atomic E-state index is 12.7. The number of urea groups is 1. The normalized spacial score (nSPS) is 20.2. The summed E-state index contributed by atoms with van der Waals surface area (Å²) >= 11 is 1.43. The number of methoxy groups -OCH3 is 1. The molecule has 2 heterocycles. The van der Waals surface area contributed by atoms with Gasteiger partial charge in [0.15, 0.2) is 5.54 Å². The first-order chi connectivity index (χ1) is 11.5. The molecule has 3 rings (SSSR count). The summed E-state index contributed by atoms with van der Waals surface area (Å²) in [6.45, 7) is 1.85. The number of nitrogens with one attached hydrogen (secondary N) is 1. The van der Waals surface area contributed by atoms with E-state index in [0.717, 1.165) is 10.4 Å². The van der Waals surface area contributed by atoms with Gasteiger partial charge in [0.25, 0.3) is 5.91 Å². The number of ether oxygens (including phenoxy) is 1. The number of esters is 1. The molecule has 6 nitrogen and oxygen atoms in total. The molecule has 1 N–H and O–H groups in total. The second-order valence-corrected chi connectivity index (χ2v) is 6.56. The van der Waals surface area contributed by atoms with Crippen molar-refractivity contribution in [1.82, 2.24) is 10.2 Å². The summed E-state index contributed by atoms with van der Waals surface area (Å²) in [5.41, 5.74) is 0.139. The molecule has 1 saturated heterocycles. The van der Waals surface area contributed by atoms with E-state index in [0.29, 0.717) is 5.56 Å². The van der Waals surface area contributed by atoms with Crippen LogP contribution in [0, 0.1) is 0 Å². The van der Waals surface area contributed by atoms with E-state index < -0.39 is 17.5 Å². The summed E-state index contributed by atoms with van der Waals surface area (Å²) in [6, 6.07) is 9.88. The average Bonchev–Trinajstić information content (AvgIpc) is 3.19. The van der Waals surface area contributed by atoms with E-state index in [4.69, 9.17) is 0 Å². The Hall–Kier alpha value is -2.67. The molecule has 124 valence electrons. The predicted molar refractivity (Wildman–Crippen MR) is 88.5 cm³/mol. The Morgan fingerprint density at radius 2 is 1.96 bits per heavy atom. The van der Waals surface area contributed by atoms with Crippen molar-refractivity contribution in [2.24, 2.45) is 0 Å². The minimum Gasteiger partial charge on any atom is -0.465 e. The third-order valence-corrected chi connectivity index (χ3v) is 5.10. The Morgan fingerprint density at radius 1 is 1.25 bits per heavy atom. The SMILES string of the molecule is COC(=O)c1ccc(CN2C(=O)N[C@](C)(c3cccs3)C2=O)cc1. The second-order valence-electron chi connectivity index (χ2n) is 5.61. The van der Waals surface area contributed by atoms with E-state index in [-0.39, 0.29) is 12.5 Å². The van der Waals surface area contributed by atoms with Gasteiger partial charge in [-0.3, -0.25) is 9.69 Å². The molecule has 0 bridgehead atoms. The number of benzene rings is 1. The van der Waals surface area contributed by atoms with E-state index >= 15 is 0 Å². The van der Waals surface area contributed by atoms with Crippen molar-refractivity contribution in [3.63, 3.8) is 0 Å². The fourth-order valence-corrected chi connectivity index (χ4v) is 3.45. The standard InChI is InChI=1S/C17H16N2O4S/c1-17(13-4-3-9-24-13)15(21)19(16(22)18-17)10-11-5-7-12(8-6-11)14(20)23-2/h3-9H,10H2,1-2H3,(H,18,22)/t17-/m1/s1. The molecule has 0 saturated carbocycles. The molecule has 0 aliphatic carbocycles. The zero-order valence-electron chi connectivity index (χ0n) is 13.2. The van der Waals surface area contributed by atoms with Crippen LogP contribution in [0.2, 0.25) is 0 Å². The third-order valence-electron chi connectivity index (χ3n) is 4.00. The zero-order chi connectivity index (χ0) is 17.3. The van der Waals surface area contributed by atoms with Crippen LogP contribution in [0.15, 0.2) is 41.8 Å². The van der Waals surface area contributed by atoms with E-state index in [1.165, 1.54) is 23.3 Å². The summed E-state index contributed by atoms with van der Waals surface area (Å²) in [7, 11) is 1.31. The van der Waals surface area contributed by atoms with Crippen LogP contribution < -0.4 is 5.32 Å². The van der Waals surface area contributed by atoms with Crippen molar-refractivity contribution in [2.75, 3.05) is 7.11 Å². The summed E-state index contributed by atoms with van der Waals surface area (Å²) in [5.74, 6) is -0.714. The first kappa shape index (κ1) is 16.2. The molecule has 1 fully saturated rings. The van der Waals surface area contributed by atoms with Crippen LogP contribution in [-0.2, 0) is 21.6 Å². The van der Waals surface area contributed by atoms with Crippen molar-refractivity contribution in [3.05, 3.63) is 57.8 Å². The highest BCUT2D eigenvalue weighted by Crippen LogP contribution is 2.32. The van der Waals surface area contributed by atoms with Gasteiger partial charge in [0.05, 0.1) is 19.2 Å². The molecule has 24 heavy (non-hydrogen) atoms. The number of nitrogens with zero attached hydrogens (tertiary/aromatic N) is 1. The fourth-order valence-electron chi connectivity index (χ4n) is 2.62. The molecule has 1 atom stereocenters. The van der Waals surface area contributed by atoms with Crippen LogP contribution in [0.25, 0.3) is 0 Å². The molecule has 1 aromatic heterocycles. The molecule has 1 aliphatic rings. The molecule has 2 aromatic rings. The van der Waals surface area contributed by atoms with Crippen LogP contribution in [0.1, 0.15) is 27.7 Å². The zero-order valence-corrected chi connectivity index (χ0v) is 14.1. The van der Waals surface area contributed by atoms with Crippen molar-refractivity contribution < 1.29 is 19.1 Å². The number of hydrogen-bond donors (Lipinski definition) is 1.